The molecule has 0 aliphatic carbocycles. The fraction of sp³-hybridized carbons (Fsp3) is 0.750. The monoisotopic (exact) mass is 189 g/mol. The van der Waals surface area contributed by atoms with Crippen molar-refractivity contribution in [3.05, 3.63) is 12.2 Å². The molecule has 12 heavy (non-hydrogen) atoms. The highest BCUT2D eigenvalue weighted by atomic mass is 32.2. The molecule has 3 nitrogen and oxygen atoms in total. The van der Waals surface area contributed by atoms with Crippen LogP contribution >= 0.6 is 0 Å². The number of sulfone groups is 1. The Balaban J connectivity index is 2.64. The molecule has 4 heteroatoms. The van der Waals surface area contributed by atoms with Gasteiger partial charge in [-0.25, -0.2) is 8.42 Å². The summed E-state index contributed by atoms with van der Waals surface area (Å²) in [7, 11) is -2.80. The number of hydrogen-bond donors (Lipinski definition) is 1. The average Bonchev–Trinajstić information content (AvgIpc) is 2.01. The minimum absolute atomic E-state index is 0.105. The highest BCUT2D eigenvalue weighted by Crippen LogP contribution is 2.23. The highest BCUT2D eigenvalue weighted by Gasteiger charge is 2.25. The van der Waals surface area contributed by atoms with Crippen LogP contribution in [-0.2, 0) is 9.84 Å². The fourth-order valence-corrected chi connectivity index (χ4v) is 3.30. The van der Waals surface area contributed by atoms with Gasteiger partial charge in [0, 0.05) is 6.54 Å². The first-order valence-electron chi connectivity index (χ1n) is 4.13. The molecule has 0 aromatic carbocycles. The molecular weight excluding hydrogens is 174 g/mol. The van der Waals surface area contributed by atoms with Crippen LogP contribution in [-0.4, -0.2) is 26.5 Å². The molecule has 0 aromatic heterocycles. The van der Waals surface area contributed by atoms with Gasteiger partial charge in [0.05, 0.1) is 11.5 Å². The quantitative estimate of drug-likeness (QED) is 0.637. The van der Waals surface area contributed by atoms with Crippen molar-refractivity contribution >= 4 is 9.84 Å². The van der Waals surface area contributed by atoms with Gasteiger partial charge in [-0.05, 0) is 18.8 Å². The molecule has 1 aliphatic heterocycles. The first kappa shape index (κ1) is 9.74. The van der Waals surface area contributed by atoms with E-state index in [9.17, 15) is 8.42 Å². The molecule has 0 aromatic rings. The summed E-state index contributed by atoms with van der Waals surface area (Å²) in [6.45, 7) is 4.18. The van der Waals surface area contributed by atoms with Gasteiger partial charge in [-0.2, -0.15) is 0 Å². The van der Waals surface area contributed by atoms with Crippen LogP contribution in [0.5, 0.6) is 0 Å². The molecule has 0 amide bonds. The minimum atomic E-state index is -2.80. The van der Waals surface area contributed by atoms with Gasteiger partial charge >= 0.3 is 0 Å². The fourth-order valence-electron chi connectivity index (χ4n) is 1.51. The first-order chi connectivity index (χ1) is 5.55. The third-order valence-electron chi connectivity index (χ3n) is 2.30. The largest absolute Gasteiger partial charge is 0.327 e. The lowest BCUT2D eigenvalue weighted by Gasteiger charge is -2.22. The van der Waals surface area contributed by atoms with Gasteiger partial charge in [0.15, 0.2) is 9.84 Å². The van der Waals surface area contributed by atoms with Crippen molar-refractivity contribution in [3.63, 3.8) is 0 Å². The Labute approximate surface area is 73.6 Å². The zero-order valence-electron chi connectivity index (χ0n) is 7.12. The average molecular weight is 189 g/mol. The molecule has 1 unspecified atom stereocenters. The summed E-state index contributed by atoms with van der Waals surface area (Å²) < 4.78 is 22.4. The zero-order chi connectivity index (χ0) is 9.19. The lowest BCUT2D eigenvalue weighted by Crippen LogP contribution is -2.28. The van der Waals surface area contributed by atoms with E-state index >= 15 is 0 Å². The molecule has 0 bridgehead atoms. The van der Waals surface area contributed by atoms with Gasteiger partial charge in [0.2, 0.25) is 0 Å². The second-order valence-electron chi connectivity index (χ2n) is 3.32. The first-order valence-corrected chi connectivity index (χ1v) is 5.95. The molecule has 0 saturated carbocycles. The predicted octanol–water partition coefficient (Wildman–Crippen LogP) is 0.326. The molecule has 70 valence electrons. The summed E-state index contributed by atoms with van der Waals surface area (Å²) in [4.78, 5) is 0. The zero-order valence-corrected chi connectivity index (χ0v) is 7.94. The van der Waals surface area contributed by atoms with Gasteiger partial charge < -0.3 is 5.73 Å². The maximum atomic E-state index is 11.2. The molecule has 1 fully saturated rings. The molecule has 0 radical (unpaired) electrons. The topological polar surface area (TPSA) is 60.2 Å². The van der Waals surface area contributed by atoms with Gasteiger partial charge in [0.1, 0.15) is 0 Å². The van der Waals surface area contributed by atoms with Crippen molar-refractivity contribution in [2.75, 3.05) is 18.1 Å². The van der Waals surface area contributed by atoms with Crippen LogP contribution in [0.15, 0.2) is 12.2 Å². The maximum Gasteiger partial charge on any atom is 0.150 e. The Kier molecular flexibility index (Phi) is 2.90. The maximum absolute atomic E-state index is 11.2. The molecule has 1 saturated heterocycles. The molecular formula is C8H15NO2S. The van der Waals surface area contributed by atoms with E-state index in [0.29, 0.717) is 12.3 Å². The van der Waals surface area contributed by atoms with Gasteiger partial charge in [0.25, 0.3) is 0 Å². The number of nitrogens with two attached hydrogens (primary N) is 1. The van der Waals surface area contributed by atoms with E-state index in [1.54, 1.807) is 0 Å². The highest BCUT2D eigenvalue weighted by molar-refractivity contribution is 7.91. The Hall–Kier alpha value is -0.350. The van der Waals surface area contributed by atoms with E-state index in [0.717, 1.165) is 18.4 Å². The second kappa shape index (κ2) is 3.58. The van der Waals surface area contributed by atoms with E-state index in [-0.39, 0.29) is 11.7 Å². The van der Waals surface area contributed by atoms with Crippen molar-refractivity contribution in [2.45, 2.75) is 12.8 Å². The van der Waals surface area contributed by atoms with Crippen LogP contribution < -0.4 is 5.73 Å². The van der Waals surface area contributed by atoms with Gasteiger partial charge in [-0.15, -0.1) is 0 Å². The molecule has 1 aliphatic rings. The standard InChI is InChI=1S/C8H15NO2S/c1-7(5-9)8-3-2-4-12(10,11)6-8/h8H,1-6,9H2. The second-order valence-corrected chi connectivity index (χ2v) is 5.54. The normalized spacial score (nSPS) is 28.2. The van der Waals surface area contributed by atoms with Crippen LogP contribution in [0.2, 0.25) is 0 Å². The lowest BCUT2D eigenvalue weighted by molar-refractivity contribution is 0.527. The molecule has 2 N–H and O–H groups in total. The SMILES string of the molecule is C=C(CN)C1CCCS(=O)(=O)C1. The smallest absolute Gasteiger partial charge is 0.150 e. The summed E-state index contributed by atoms with van der Waals surface area (Å²) in [6.07, 6.45) is 1.68. The van der Waals surface area contributed by atoms with Crippen molar-refractivity contribution in [2.24, 2.45) is 11.7 Å². The Morgan fingerprint density at radius 1 is 1.58 bits per heavy atom. The minimum Gasteiger partial charge on any atom is -0.327 e. The van der Waals surface area contributed by atoms with Crippen LogP contribution in [0.1, 0.15) is 12.8 Å². The summed E-state index contributed by atoms with van der Waals surface area (Å²) >= 11 is 0. The summed E-state index contributed by atoms with van der Waals surface area (Å²) in [6, 6.07) is 0. The molecule has 1 atom stereocenters. The van der Waals surface area contributed by atoms with Gasteiger partial charge in [-0.3, -0.25) is 0 Å². The summed E-state index contributed by atoms with van der Waals surface area (Å²) in [5.41, 5.74) is 6.27. The Morgan fingerprint density at radius 3 is 2.75 bits per heavy atom. The van der Waals surface area contributed by atoms with Crippen molar-refractivity contribution in [1.29, 1.82) is 0 Å². The van der Waals surface area contributed by atoms with E-state index < -0.39 is 9.84 Å². The van der Waals surface area contributed by atoms with Crippen LogP contribution in [0, 0.1) is 5.92 Å². The summed E-state index contributed by atoms with van der Waals surface area (Å²) in [5.74, 6) is 0.693. The summed E-state index contributed by atoms with van der Waals surface area (Å²) in [5, 5.41) is 0. The van der Waals surface area contributed by atoms with Crippen molar-refractivity contribution in [1.82, 2.24) is 0 Å². The van der Waals surface area contributed by atoms with Crippen molar-refractivity contribution in [3.8, 4) is 0 Å². The number of hydrogen-bond acceptors (Lipinski definition) is 3. The van der Waals surface area contributed by atoms with E-state index in [4.69, 9.17) is 5.73 Å². The Bertz CT molecular complexity index is 269. The van der Waals surface area contributed by atoms with Gasteiger partial charge in [-0.1, -0.05) is 12.2 Å². The Morgan fingerprint density at radius 2 is 2.25 bits per heavy atom. The third-order valence-corrected chi connectivity index (χ3v) is 4.12. The third kappa shape index (κ3) is 2.32. The molecule has 1 rings (SSSR count). The van der Waals surface area contributed by atoms with Crippen LogP contribution in [0.4, 0.5) is 0 Å². The predicted molar refractivity (Wildman–Crippen MR) is 49.6 cm³/mol. The molecule has 0 spiro atoms. The van der Waals surface area contributed by atoms with E-state index in [1.165, 1.54) is 0 Å². The van der Waals surface area contributed by atoms with Crippen LogP contribution in [0.3, 0.4) is 0 Å². The number of rotatable bonds is 2. The van der Waals surface area contributed by atoms with Crippen LogP contribution in [0.25, 0.3) is 0 Å². The van der Waals surface area contributed by atoms with E-state index in [2.05, 4.69) is 6.58 Å². The van der Waals surface area contributed by atoms with Crippen molar-refractivity contribution < 1.29 is 8.42 Å². The van der Waals surface area contributed by atoms with E-state index in [1.807, 2.05) is 0 Å². The lowest BCUT2D eigenvalue weighted by atomic mass is 9.97. The molecule has 1 heterocycles.